The summed E-state index contributed by atoms with van der Waals surface area (Å²) >= 11 is 1.72. The van der Waals surface area contributed by atoms with Gasteiger partial charge in [0.05, 0.1) is 11.8 Å². The number of nitrogens with zero attached hydrogens (tertiary/aromatic N) is 2. The standard InChI is InChI=1S/C15H23N3S/c1-6-17-10-7-14(2,3)8-11-12(10)19-13(18-11)15(4,5)9-16/h10,17H,6-8H2,1-5H3. The maximum atomic E-state index is 9.28. The molecule has 0 aromatic carbocycles. The van der Waals surface area contributed by atoms with Crippen LogP contribution in [0.15, 0.2) is 0 Å². The van der Waals surface area contributed by atoms with E-state index in [1.807, 2.05) is 13.8 Å². The zero-order valence-electron chi connectivity index (χ0n) is 12.5. The molecule has 0 amide bonds. The number of hydrogen-bond donors (Lipinski definition) is 1. The average molecular weight is 277 g/mol. The molecule has 0 saturated carbocycles. The van der Waals surface area contributed by atoms with Gasteiger partial charge in [0.15, 0.2) is 0 Å². The molecule has 4 heteroatoms. The predicted octanol–water partition coefficient (Wildman–Crippen LogP) is 3.57. The molecule has 0 radical (unpaired) electrons. The van der Waals surface area contributed by atoms with E-state index in [1.54, 1.807) is 11.3 Å². The van der Waals surface area contributed by atoms with E-state index in [-0.39, 0.29) is 5.41 Å². The molecule has 0 fully saturated rings. The number of fused-ring (bicyclic) bond motifs is 1. The largest absolute Gasteiger partial charge is 0.309 e. The summed E-state index contributed by atoms with van der Waals surface area (Å²) < 4.78 is 0. The van der Waals surface area contributed by atoms with Gasteiger partial charge in [0, 0.05) is 10.9 Å². The molecule has 1 unspecified atom stereocenters. The molecule has 1 aromatic rings. The van der Waals surface area contributed by atoms with Crippen molar-refractivity contribution < 1.29 is 0 Å². The van der Waals surface area contributed by atoms with Crippen LogP contribution in [0, 0.1) is 16.7 Å². The first-order chi connectivity index (χ1) is 8.79. The normalized spacial score (nSPS) is 21.8. The smallest absolute Gasteiger partial charge is 0.113 e. The molecule has 19 heavy (non-hydrogen) atoms. The highest BCUT2D eigenvalue weighted by Gasteiger charge is 2.36. The molecule has 1 N–H and O–H groups in total. The second kappa shape index (κ2) is 4.88. The van der Waals surface area contributed by atoms with E-state index in [9.17, 15) is 5.26 Å². The van der Waals surface area contributed by atoms with E-state index in [2.05, 4.69) is 32.2 Å². The monoisotopic (exact) mass is 277 g/mol. The molecule has 0 aliphatic heterocycles. The summed E-state index contributed by atoms with van der Waals surface area (Å²) in [7, 11) is 0. The lowest BCUT2D eigenvalue weighted by Crippen LogP contribution is -2.32. The van der Waals surface area contributed by atoms with Crippen molar-refractivity contribution in [3.05, 3.63) is 15.6 Å². The minimum Gasteiger partial charge on any atom is -0.309 e. The number of hydrogen-bond acceptors (Lipinski definition) is 4. The lowest BCUT2D eigenvalue weighted by molar-refractivity contribution is 0.260. The molecule has 2 rings (SSSR count). The average Bonchev–Trinajstić information content (AvgIpc) is 2.72. The lowest BCUT2D eigenvalue weighted by Gasteiger charge is -2.34. The molecule has 104 valence electrons. The first-order valence-corrected chi connectivity index (χ1v) is 7.75. The van der Waals surface area contributed by atoms with Gasteiger partial charge in [-0.05, 0) is 38.6 Å². The summed E-state index contributed by atoms with van der Waals surface area (Å²) in [4.78, 5) is 6.12. The van der Waals surface area contributed by atoms with Crippen LogP contribution < -0.4 is 5.32 Å². The fourth-order valence-electron chi connectivity index (χ4n) is 2.66. The molecular formula is C15H23N3S. The Labute approximate surface area is 120 Å². The lowest BCUT2D eigenvalue weighted by atomic mass is 9.76. The highest BCUT2D eigenvalue weighted by Crippen LogP contribution is 2.44. The number of aromatic nitrogens is 1. The van der Waals surface area contributed by atoms with Crippen LogP contribution in [-0.4, -0.2) is 11.5 Å². The van der Waals surface area contributed by atoms with Crippen LogP contribution in [0.25, 0.3) is 0 Å². The number of thiazole rings is 1. The van der Waals surface area contributed by atoms with Gasteiger partial charge in [0.25, 0.3) is 0 Å². The van der Waals surface area contributed by atoms with Crippen molar-refractivity contribution in [2.24, 2.45) is 5.41 Å². The van der Waals surface area contributed by atoms with Crippen LogP contribution in [-0.2, 0) is 11.8 Å². The van der Waals surface area contributed by atoms with Gasteiger partial charge in [-0.15, -0.1) is 11.3 Å². The summed E-state index contributed by atoms with van der Waals surface area (Å²) in [5.41, 5.74) is 0.996. The van der Waals surface area contributed by atoms with Crippen molar-refractivity contribution in [3.63, 3.8) is 0 Å². The Morgan fingerprint density at radius 3 is 2.79 bits per heavy atom. The highest BCUT2D eigenvalue weighted by atomic mass is 32.1. The molecule has 0 spiro atoms. The van der Waals surface area contributed by atoms with E-state index in [1.165, 1.54) is 10.6 Å². The van der Waals surface area contributed by atoms with Crippen molar-refractivity contribution in [3.8, 4) is 6.07 Å². The van der Waals surface area contributed by atoms with Crippen LogP contribution in [0.5, 0.6) is 0 Å². The second-order valence-electron chi connectivity index (χ2n) is 6.72. The summed E-state index contributed by atoms with van der Waals surface area (Å²) in [5.74, 6) is 0. The Kier molecular flexibility index (Phi) is 3.72. The van der Waals surface area contributed by atoms with Crippen LogP contribution in [0.4, 0.5) is 0 Å². The second-order valence-corrected chi connectivity index (χ2v) is 7.75. The Morgan fingerprint density at radius 2 is 2.21 bits per heavy atom. The van der Waals surface area contributed by atoms with Gasteiger partial charge < -0.3 is 5.32 Å². The van der Waals surface area contributed by atoms with E-state index >= 15 is 0 Å². The molecule has 1 atom stereocenters. The van der Waals surface area contributed by atoms with Gasteiger partial charge >= 0.3 is 0 Å². The van der Waals surface area contributed by atoms with Gasteiger partial charge in [-0.2, -0.15) is 5.26 Å². The van der Waals surface area contributed by atoms with E-state index < -0.39 is 5.41 Å². The predicted molar refractivity (Wildman–Crippen MR) is 79.3 cm³/mol. The minimum absolute atomic E-state index is 0.280. The molecule has 1 heterocycles. The van der Waals surface area contributed by atoms with Crippen molar-refractivity contribution in [2.75, 3.05) is 6.54 Å². The SMILES string of the molecule is CCNC1CC(C)(C)Cc2nc(C(C)(C)C#N)sc21. The molecule has 0 bridgehead atoms. The number of nitrogens with one attached hydrogen (secondary N) is 1. The zero-order chi connectivity index (χ0) is 14.3. The van der Waals surface area contributed by atoms with Crippen LogP contribution in [0.1, 0.15) is 62.7 Å². The molecule has 1 aromatic heterocycles. The number of rotatable bonds is 3. The Bertz CT molecular complexity index is 508. The zero-order valence-corrected chi connectivity index (χ0v) is 13.3. The van der Waals surface area contributed by atoms with E-state index in [0.29, 0.717) is 6.04 Å². The van der Waals surface area contributed by atoms with Gasteiger partial charge in [0.2, 0.25) is 0 Å². The summed E-state index contributed by atoms with van der Waals surface area (Å²) in [6, 6.07) is 2.75. The van der Waals surface area contributed by atoms with Crippen LogP contribution >= 0.6 is 11.3 Å². The molecular weight excluding hydrogens is 254 g/mol. The molecule has 1 aliphatic carbocycles. The summed E-state index contributed by atoms with van der Waals surface area (Å²) in [5, 5.41) is 13.8. The van der Waals surface area contributed by atoms with Crippen molar-refractivity contribution >= 4 is 11.3 Å². The minimum atomic E-state index is -0.483. The Balaban J connectivity index is 2.42. The van der Waals surface area contributed by atoms with Crippen molar-refractivity contribution in [1.29, 1.82) is 5.26 Å². The fraction of sp³-hybridized carbons (Fsp3) is 0.733. The van der Waals surface area contributed by atoms with Gasteiger partial charge in [-0.1, -0.05) is 20.8 Å². The molecule has 0 saturated heterocycles. The fourth-order valence-corrected chi connectivity index (χ4v) is 3.87. The van der Waals surface area contributed by atoms with Gasteiger partial charge in [-0.25, -0.2) is 4.98 Å². The maximum absolute atomic E-state index is 9.28. The Morgan fingerprint density at radius 1 is 1.53 bits per heavy atom. The third-order valence-electron chi connectivity index (χ3n) is 3.71. The summed E-state index contributed by atoms with van der Waals surface area (Å²) in [6.07, 6.45) is 2.16. The third-order valence-corrected chi connectivity index (χ3v) is 5.25. The first-order valence-electron chi connectivity index (χ1n) is 6.94. The summed E-state index contributed by atoms with van der Waals surface area (Å²) in [6.45, 7) is 11.6. The molecule has 3 nitrogen and oxygen atoms in total. The van der Waals surface area contributed by atoms with Gasteiger partial charge in [0.1, 0.15) is 10.4 Å². The third kappa shape index (κ3) is 2.82. The topological polar surface area (TPSA) is 48.7 Å². The molecule has 1 aliphatic rings. The number of nitriles is 1. The highest BCUT2D eigenvalue weighted by molar-refractivity contribution is 7.12. The van der Waals surface area contributed by atoms with Crippen molar-refractivity contribution in [2.45, 2.75) is 58.9 Å². The van der Waals surface area contributed by atoms with Crippen molar-refractivity contribution in [1.82, 2.24) is 10.3 Å². The quantitative estimate of drug-likeness (QED) is 0.919. The first kappa shape index (κ1) is 14.5. The van der Waals surface area contributed by atoms with Crippen LogP contribution in [0.2, 0.25) is 0 Å². The van der Waals surface area contributed by atoms with Crippen LogP contribution in [0.3, 0.4) is 0 Å². The Hall–Kier alpha value is -0.920. The van der Waals surface area contributed by atoms with E-state index in [4.69, 9.17) is 4.98 Å². The maximum Gasteiger partial charge on any atom is 0.113 e. The van der Waals surface area contributed by atoms with Gasteiger partial charge in [-0.3, -0.25) is 0 Å². The van der Waals surface area contributed by atoms with E-state index in [0.717, 1.165) is 24.4 Å².